The van der Waals surface area contributed by atoms with Gasteiger partial charge in [0.2, 0.25) is 0 Å². The van der Waals surface area contributed by atoms with Gasteiger partial charge >= 0.3 is 8.80 Å². The molecule has 0 aliphatic rings. The Balaban J connectivity index is 1.88. The van der Waals surface area contributed by atoms with Crippen molar-refractivity contribution in [2.45, 2.75) is 20.8 Å². The molecule has 0 fully saturated rings. The average molecular weight is 391 g/mol. The van der Waals surface area contributed by atoms with E-state index < -0.39 is 8.80 Å². The average Bonchev–Trinajstić information content (AvgIpc) is 2.70. The Labute approximate surface area is 167 Å². The largest absolute Gasteiger partial charge is 0.537 e. The van der Waals surface area contributed by atoms with Crippen LogP contribution in [0.15, 0.2) is 66.7 Å². The summed E-state index contributed by atoms with van der Waals surface area (Å²) in [5.41, 5.74) is 0. The van der Waals surface area contributed by atoms with Crippen molar-refractivity contribution < 1.29 is 13.3 Å². The van der Waals surface area contributed by atoms with Crippen LogP contribution in [0.25, 0.3) is 32.3 Å². The van der Waals surface area contributed by atoms with Gasteiger partial charge in [-0.15, -0.1) is 0 Å². The molecule has 0 bridgehead atoms. The highest BCUT2D eigenvalue weighted by atomic mass is 28.4. The maximum absolute atomic E-state index is 6.08. The third-order valence-corrected chi connectivity index (χ3v) is 8.04. The van der Waals surface area contributed by atoms with Gasteiger partial charge in [-0.3, -0.25) is 0 Å². The van der Waals surface area contributed by atoms with E-state index in [4.69, 9.17) is 13.3 Å². The van der Waals surface area contributed by atoms with Gasteiger partial charge in [0.15, 0.2) is 0 Å². The summed E-state index contributed by atoms with van der Waals surface area (Å²) in [6.45, 7) is 7.65. The van der Waals surface area contributed by atoms with E-state index in [1.165, 1.54) is 32.3 Å². The highest BCUT2D eigenvalue weighted by Crippen LogP contribution is 2.27. The molecule has 0 saturated carbocycles. The van der Waals surface area contributed by atoms with E-state index in [-0.39, 0.29) is 0 Å². The summed E-state index contributed by atoms with van der Waals surface area (Å²) in [6, 6.07) is 23.9. The molecule has 0 amide bonds. The predicted octanol–water partition coefficient (Wildman–Crippen LogP) is 5.40. The second-order valence-electron chi connectivity index (χ2n) is 6.82. The molecule has 0 atom stereocenters. The summed E-state index contributed by atoms with van der Waals surface area (Å²) in [5.74, 6) is 0. The maximum atomic E-state index is 6.08. The molecule has 0 radical (unpaired) electrons. The first-order chi connectivity index (χ1) is 13.7. The summed E-state index contributed by atoms with van der Waals surface area (Å²) >= 11 is 0. The first-order valence-electron chi connectivity index (χ1n) is 9.97. The van der Waals surface area contributed by atoms with Crippen LogP contribution in [0, 0.1) is 0 Å². The zero-order valence-electron chi connectivity index (χ0n) is 16.7. The van der Waals surface area contributed by atoms with Crippen LogP contribution in [0.2, 0.25) is 0 Å². The highest BCUT2D eigenvalue weighted by molar-refractivity contribution is 6.75. The zero-order valence-corrected chi connectivity index (χ0v) is 17.7. The molecule has 0 aromatic heterocycles. The minimum Gasteiger partial charge on any atom is -0.370 e. The predicted molar refractivity (Wildman–Crippen MR) is 119 cm³/mol. The highest BCUT2D eigenvalue weighted by Gasteiger charge is 2.43. The molecule has 4 heteroatoms. The van der Waals surface area contributed by atoms with Crippen LogP contribution in [-0.4, -0.2) is 28.6 Å². The van der Waals surface area contributed by atoms with Crippen molar-refractivity contribution in [1.82, 2.24) is 0 Å². The van der Waals surface area contributed by atoms with Crippen LogP contribution >= 0.6 is 0 Å². The van der Waals surface area contributed by atoms with Crippen molar-refractivity contribution in [3.8, 4) is 0 Å². The summed E-state index contributed by atoms with van der Waals surface area (Å²) < 4.78 is 18.3. The lowest BCUT2D eigenvalue weighted by atomic mass is 10.00. The normalized spacial score (nSPS) is 12.2. The van der Waals surface area contributed by atoms with E-state index in [1.807, 2.05) is 20.8 Å². The Hall–Kier alpha value is -2.24. The van der Waals surface area contributed by atoms with Crippen molar-refractivity contribution in [2.75, 3.05) is 19.8 Å². The van der Waals surface area contributed by atoms with Crippen molar-refractivity contribution in [3.05, 3.63) is 66.7 Å². The third-order valence-electron chi connectivity index (χ3n) is 5.02. The third kappa shape index (κ3) is 3.45. The number of benzene rings is 4. The SMILES string of the molecule is CCO[Si](OCC)(OCC)c1ccc2cc3cc4ccccc4cc3cc2c1. The Bertz CT molecular complexity index is 1110. The topological polar surface area (TPSA) is 27.7 Å². The quantitative estimate of drug-likeness (QED) is 0.312. The van der Waals surface area contributed by atoms with Crippen LogP contribution in [0.1, 0.15) is 20.8 Å². The van der Waals surface area contributed by atoms with E-state index in [0.717, 1.165) is 5.19 Å². The Morgan fingerprint density at radius 2 is 0.964 bits per heavy atom. The van der Waals surface area contributed by atoms with Gasteiger partial charge in [0.05, 0.1) is 0 Å². The fraction of sp³-hybridized carbons (Fsp3) is 0.250. The first-order valence-corrected chi connectivity index (χ1v) is 11.7. The monoisotopic (exact) mass is 390 g/mol. The molecule has 144 valence electrons. The Morgan fingerprint density at radius 1 is 0.536 bits per heavy atom. The minimum absolute atomic E-state index is 0.563. The molecular formula is C24H26O3Si. The number of hydrogen-bond donors (Lipinski definition) is 0. The molecule has 0 spiro atoms. The lowest BCUT2D eigenvalue weighted by Gasteiger charge is -2.28. The molecular weight excluding hydrogens is 364 g/mol. The second kappa shape index (κ2) is 8.01. The van der Waals surface area contributed by atoms with E-state index in [2.05, 4.69) is 66.7 Å². The van der Waals surface area contributed by atoms with E-state index in [1.54, 1.807) is 0 Å². The minimum atomic E-state index is -2.90. The standard InChI is InChI=1S/C24H26O3Si/c1-4-25-28(26-5-2,27-6-3)24-12-11-20-15-21-13-18-9-7-8-10-19(18)14-22(21)16-23(20)17-24/h7-17H,4-6H2,1-3H3. The van der Waals surface area contributed by atoms with Gasteiger partial charge in [0.1, 0.15) is 0 Å². The molecule has 0 N–H and O–H groups in total. The van der Waals surface area contributed by atoms with Crippen molar-refractivity contribution in [1.29, 1.82) is 0 Å². The van der Waals surface area contributed by atoms with E-state index in [9.17, 15) is 0 Å². The van der Waals surface area contributed by atoms with Crippen LogP contribution < -0.4 is 5.19 Å². The molecule has 0 aliphatic heterocycles. The van der Waals surface area contributed by atoms with Crippen LogP contribution in [-0.2, 0) is 13.3 Å². The van der Waals surface area contributed by atoms with Gasteiger partial charge in [-0.1, -0.05) is 36.4 Å². The molecule has 28 heavy (non-hydrogen) atoms. The molecule has 0 saturated heterocycles. The van der Waals surface area contributed by atoms with E-state index >= 15 is 0 Å². The number of hydrogen-bond acceptors (Lipinski definition) is 3. The van der Waals surface area contributed by atoms with Gasteiger partial charge < -0.3 is 13.3 Å². The van der Waals surface area contributed by atoms with E-state index in [0.29, 0.717) is 19.8 Å². The second-order valence-corrected chi connectivity index (χ2v) is 9.37. The number of fused-ring (bicyclic) bond motifs is 3. The molecule has 3 nitrogen and oxygen atoms in total. The molecule has 0 heterocycles. The number of rotatable bonds is 7. The van der Waals surface area contributed by atoms with Crippen molar-refractivity contribution >= 4 is 46.3 Å². The van der Waals surface area contributed by atoms with Crippen molar-refractivity contribution in [3.63, 3.8) is 0 Å². The summed E-state index contributed by atoms with van der Waals surface area (Å²) in [6.07, 6.45) is 0. The van der Waals surface area contributed by atoms with Crippen LogP contribution in [0.5, 0.6) is 0 Å². The van der Waals surface area contributed by atoms with Gasteiger partial charge in [-0.2, -0.15) is 0 Å². The molecule has 0 unspecified atom stereocenters. The Kier molecular flexibility index (Phi) is 5.46. The summed E-state index contributed by atoms with van der Waals surface area (Å²) in [5, 5.41) is 8.41. The van der Waals surface area contributed by atoms with Gasteiger partial charge in [0, 0.05) is 25.0 Å². The van der Waals surface area contributed by atoms with Gasteiger partial charge in [0.25, 0.3) is 0 Å². The van der Waals surface area contributed by atoms with Crippen molar-refractivity contribution in [2.24, 2.45) is 0 Å². The molecule has 0 aliphatic carbocycles. The fourth-order valence-electron chi connectivity index (χ4n) is 3.83. The Morgan fingerprint density at radius 3 is 1.46 bits per heavy atom. The fourth-order valence-corrected chi connectivity index (χ4v) is 6.34. The summed E-state index contributed by atoms with van der Waals surface area (Å²) in [7, 11) is -2.90. The zero-order chi connectivity index (χ0) is 19.6. The van der Waals surface area contributed by atoms with Crippen LogP contribution in [0.3, 0.4) is 0 Å². The summed E-state index contributed by atoms with van der Waals surface area (Å²) in [4.78, 5) is 0. The lowest BCUT2D eigenvalue weighted by Crippen LogP contribution is -2.56. The first kappa shape index (κ1) is 19.1. The lowest BCUT2D eigenvalue weighted by molar-refractivity contribution is 0.0859. The molecule has 4 aromatic carbocycles. The smallest absolute Gasteiger partial charge is 0.370 e. The van der Waals surface area contributed by atoms with Gasteiger partial charge in [-0.25, -0.2) is 0 Å². The maximum Gasteiger partial charge on any atom is 0.537 e. The van der Waals surface area contributed by atoms with Crippen LogP contribution in [0.4, 0.5) is 0 Å². The molecule has 4 rings (SSSR count). The van der Waals surface area contributed by atoms with Gasteiger partial charge in [-0.05, 0) is 83.4 Å². The molecule has 4 aromatic rings.